The molecule has 0 saturated carbocycles. The molecule has 110 valence electrons. The standard InChI is InChI=1S/C17H19ClN2O/c1-20(11-8-16-7-2-3-10-19-16)12-9-17(21)14-5-4-6-15(18)13-14/h2-7,10,13H,8-9,11-12H2,1H3. The van der Waals surface area contributed by atoms with Crippen molar-refractivity contribution in [3.8, 4) is 0 Å². The van der Waals surface area contributed by atoms with Crippen molar-refractivity contribution in [1.82, 2.24) is 9.88 Å². The largest absolute Gasteiger partial charge is 0.306 e. The van der Waals surface area contributed by atoms with E-state index in [2.05, 4.69) is 9.88 Å². The number of pyridine rings is 1. The number of benzene rings is 1. The quantitative estimate of drug-likeness (QED) is 0.734. The molecule has 0 unspecified atom stereocenters. The van der Waals surface area contributed by atoms with Gasteiger partial charge in [-0.2, -0.15) is 0 Å². The van der Waals surface area contributed by atoms with Crippen LogP contribution in [0.5, 0.6) is 0 Å². The van der Waals surface area contributed by atoms with E-state index in [4.69, 9.17) is 11.6 Å². The van der Waals surface area contributed by atoms with Crippen LogP contribution in [-0.2, 0) is 6.42 Å². The van der Waals surface area contributed by atoms with Crippen molar-refractivity contribution in [3.05, 3.63) is 64.9 Å². The summed E-state index contributed by atoms with van der Waals surface area (Å²) in [4.78, 5) is 18.5. The molecule has 0 atom stereocenters. The second-order valence-electron chi connectivity index (χ2n) is 5.06. The number of hydrogen-bond donors (Lipinski definition) is 0. The van der Waals surface area contributed by atoms with Crippen LogP contribution in [-0.4, -0.2) is 35.8 Å². The number of Topliss-reactive ketones (excluding diaryl/α,β-unsaturated/α-hetero) is 1. The lowest BCUT2D eigenvalue weighted by Gasteiger charge is -2.15. The number of halogens is 1. The van der Waals surface area contributed by atoms with E-state index in [1.54, 1.807) is 24.4 Å². The highest BCUT2D eigenvalue weighted by atomic mass is 35.5. The molecule has 0 aliphatic heterocycles. The Labute approximate surface area is 130 Å². The molecule has 1 aromatic carbocycles. The summed E-state index contributed by atoms with van der Waals surface area (Å²) in [5.41, 5.74) is 1.76. The molecule has 3 nitrogen and oxygen atoms in total. The molecule has 1 aromatic heterocycles. The highest BCUT2D eigenvalue weighted by Gasteiger charge is 2.08. The molecule has 0 aliphatic carbocycles. The zero-order chi connectivity index (χ0) is 15.1. The van der Waals surface area contributed by atoms with Crippen LogP contribution in [0.4, 0.5) is 0 Å². The molecule has 2 aromatic rings. The van der Waals surface area contributed by atoms with Crippen molar-refractivity contribution in [2.45, 2.75) is 12.8 Å². The van der Waals surface area contributed by atoms with E-state index in [0.29, 0.717) is 17.0 Å². The van der Waals surface area contributed by atoms with Crippen molar-refractivity contribution in [2.75, 3.05) is 20.1 Å². The van der Waals surface area contributed by atoms with Crippen molar-refractivity contribution < 1.29 is 4.79 Å². The van der Waals surface area contributed by atoms with Crippen LogP contribution < -0.4 is 0 Å². The average Bonchev–Trinajstić information content (AvgIpc) is 2.51. The molecule has 0 N–H and O–H groups in total. The first-order valence-corrected chi connectivity index (χ1v) is 7.40. The third-order valence-electron chi connectivity index (χ3n) is 3.34. The van der Waals surface area contributed by atoms with Gasteiger partial charge in [0.15, 0.2) is 5.78 Å². The normalized spacial score (nSPS) is 10.8. The smallest absolute Gasteiger partial charge is 0.164 e. The Balaban J connectivity index is 1.76. The monoisotopic (exact) mass is 302 g/mol. The molecular formula is C17H19ClN2O. The average molecular weight is 303 g/mol. The molecule has 0 amide bonds. The molecule has 1 heterocycles. The van der Waals surface area contributed by atoms with Gasteiger partial charge in [-0.05, 0) is 31.3 Å². The molecule has 0 bridgehead atoms. The highest BCUT2D eigenvalue weighted by molar-refractivity contribution is 6.31. The summed E-state index contributed by atoms with van der Waals surface area (Å²) in [5.74, 6) is 0.127. The molecule has 0 saturated heterocycles. The molecule has 0 fully saturated rings. The van der Waals surface area contributed by atoms with Gasteiger partial charge >= 0.3 is 0 Å². The van der Waals surface area contributed by atoms with Gasteiger partial charge in [0.2, 0.25) is 0 Å². The van der Waals surface area contributed by atoms with E-state index in [1.165, 1.54) is 0 Å². The predicted octanol–water partition coefficient (Wildman–Crippen LogP) is 3.48. The lowest BCUT2D eigenvalue weighted by molar-refractivity contribution is 0.0969. The summed E-state index contributed by atoms with van der Waals surface area (Å²) >= 11 is 5.90. The number of hydrogen-bond acceptors (Lipinski definition) is 3. The van der Waals surface area contributed by atoms with Gasteiger partial charge in [-0.25, -0.2) is 0 Å². The molecule has 21 heavy (non-hydrogen) atoms. The Hall–Kier alpha value is -1.71. The van der Waals surface area contributed by atoms with Gasteiger partial charge in [0, 0.05) is 48.4 Å². The minimum Gasteiger partial charge on any atom is -0.306 e. The summed E-state index contributed by atoms with van der Waals surface area (Å²) < 4.78 is 0. The van der Waals surface area contributed by atoms with E-state index in [0.717, 1.165) is 25.2 Å². The first kappa shape index (κ1) is 15.7. The van der Waals surface area contributed by atoms with E-state index >= 15 is 0 Å². The fourth-order valence-electron chi connectivity index (χ4n) is 2.06. The van der Waals surface area contributed by atoms with E-state index in [-0.39, 0.29) is 5.78 Å². The molecule has 0 radical (unpaired) electrons. The van der Waals surface area contributed by atoms with Crippen LogP contribution in [0, 0.1) is 0 Å². The van der Waals surface area contributed by atoms with Gasteiger partial charge in [-0.1, -0.05) is 29.8 Å². The summed E-state index contributed by atoms with van der Waals surface area (Å²) in [6, 6.07) is 13.0. The third-order valence-corrected chi connectivity index (χ3v) is 3.58. The number of ketones is 1. The topological polar surface area (TPSA) is 33.2 Å². The van der Waals surface area contributed by atoms with E-state index in [9.17, 15) is 4.79 Å². The van der Waals surface area contributed by atoms with Crippen molar-refractivity contribution in [3.63, 3.8) is 0 Å². The van der Waals surface area contributed by atoms with Crippen LogP contribution in [0.1, 0.15) is 22.5 Å². The Bertz CT molecular complexity index is 586. The van der Waals surface area contributed by atoms with Crippen molar-refractivity contribution in [2.24, 2.45) is 0 Å². The molecular weight excluding hydrogens is 284 g/mol. The number of rotatable bonds is 7. The SMILES string of the molecule is CN(CCC(=O)c1cccc(Cl)c1)CCc1ccccn1. The van der Waals surface area contributed by atoms with Gasteiger partial charge in [0.25, 0.3) is 0 Å². The summed E-state index contributed by atoms with van der Waals surface area (Å²) in [6.45, 7) is 1.62. The fourth-order valence-corrected chi connectivity index (χ4v) is 2.25. The van der Waals surface area contributed by atoms with E-state index in [1.807, 2.05) is 31.3 Å². The highest BCUT2D eigenvalue weighted by Crippen LogP contribution is 2.12. The first-order valence-electron chi connectivity index (χ1n) is 7.02. The van der Waals surface area contributed by atoms with Crippen LogP contribution in [0.15, 0.2) is 48.7 Å². The van der Waals surface area contributed by atoms with Gasteiger partial charge in [-0.3, -0.25) is 9.78 Å². The molecule has 0 aliphatic rings. The Morgan fingerprint density at radius 2 is 2.05 bits per heavy atom. The Morgan fingerprint density at radius 3 is 2.76 bits per heavy atom. The fraction of sp³-hybridized carbons (Fsp3) is 0.294. The summed E-state index contributed by atoms with van der Waals surface area (Å²) in [5, 5.41) is 0.601. The maximum atomic E-state index is 12.1. The third kappa shape index (κ3) is 5.29. The van der Waals surface area contributed by atoms with Gasteiger partial charge < -0.3 is 4.90 Å². The second kappa shape index (κ2) is 7.91. The lowest BCUT2D eigenvalue weighted by atomic mass is 10.1. The molecule has 4 heteroatoms. The summed E-state index contributed by atoms with van der Waals surface area (Å²) in [7, 11) is 2.02. The number of likely N-dealkylation sites (N-methyl/N-ethyl adjacent to an activating group) is 1. The van der Waals surface area contributed by atoms with Crippen LogP contribution in [0.3, 0.4) is 0 Å². The molecule has 0 spiro atoms. The van der Waals surface area contributed by atoms with Gasteiger partial charge in [0.1, 0.15) is 0 Å². The Morgan fingerprint density at radius 1 is 1.19 bits per heavy atom. The van der Waals surface area contributed by atoms with Gasteiger partial charge in [-0.15, -0.1) is 0 Å². The first-order chi connectivity index (χ1) is 10.1. The Kier molecular flexibility index (Phi) is 5.90. The minimum absolute atomic E-state index is 0.127. The number of aromatic nitrogens is 1. The van der Waals surface area contributed by atoms with Gasteiger partial charge in [0.05, 0.1) is 0 Å². The minimum atomic E-state index is 0.127. The maximum absolute atomic E-state index is 12.1. The zero-order valence-electron chi connectivity index (χ0n) is 12.1. The summed E-state index contributed by atoms with van der Waals surface area (Å²) in [6.07, 6.45) is 3.19. The van der Waals surface area contributed by atoms with Crippen molar-refractivity contribution >= 4 is 17.4 Å². The maximum Gasteiger partial charge on any atom is 0.164 e. The zero-order valence-corrected chi connectivity index (χ0v) is 12.9. The van der Waals surface area contributed by atoms with Crippen LogP contribution >= 0.6 is 11.6 Å². The van der Waals surface area contributed by atoms with E-state index < -0.39 is 0 Å². The number of carbonyl (C=O) groups is 1. The number of nitrogens with zero attached hydrogens (tertiary/aromatic N) is 2. The number of carbonyl (C=O) groups excluding carboxylic acids is 1. The van der Waals surface area contributed by atoms with Crippen LogP contribution in [0.2, 0.25) is 5.02 Å². The lowest BCUT2D eigenvalue weighted by Crippen LogP contribution is -2.24. The van der Waals surface area contributed by atoms with Crippen LogP contribution in [0.25, 0.3) is 0 Å². The van der Waals surface area contributed by atoms with Crippen molar-refractivity contribution in [1.29, 1.82) is 0 Å². The predicted molar refractivity (Wildman–Crippen MR) is 85.8 cm³/mol. The molecule has 2 rings (SSSR count). The second-order valence-corrected chi connectivity index (χ2v) is 5.49.